The van der Waals surface area contributed by atoms with Crippen LogP contribution in [0.5, 0.6) is 5.75 Å². The molecule has 3 aromatic rings. The van der Waals surface area contributed by atoms with Gasteiger partial charge in [0.05, 0.1) is 11.7 Å². The molecule has 0 aliphatic rings. The summed E-state index contributed by atoms with van der Waals surface area (Å²) in [6.07, 6.45) is 3.17. The molecule has 0 unspecified atom stereocenters. The van der Waals surface area contributed by atoms with E-state index in [4.69, 9.17) is 9.47 Å². The fourth-order valence-corrected chi connectivity index (χ4v) is 2.46. The van der Waals surface area contributed by atoms with Crippen molar-refractivity contribution in [3.8, 4) is 17.1 Å². The van der Waals surface area contributed by atoms with E-state index in [1.165, 1.54) is 42.0 Å². The van der Waals surface area contributed by atoms with E-state index < -0.39 is 17.7 Å². The minimum Gasteiger partial charge on any atom is -0.491 e. The highest BCUT2D eigenvalue weighted by Crippen LogP contribution is 2.35. The number of carbonyl (C=O) groups is 1. The Kier molecular flexibility index (Phi) is 6.63. The Balaban J connectivity index is 1.73. The Bertz CT molecular complexity index is 1070. The monoisotopic (exact) mass is 433 g/mol. The van der Waals surface area contributed by atoms with Crippen molar-refractivity contribution < 1.29 is 27.4 Å². The molecule has 0 spiro atoms. The fourth-order valence-electron chi connectivity index (χ4n) is 2.46. The molecule has 2 heterocycles. The van der Waals surface area contributed by atoms with Crippen LogP contribution in [0, 0.1) is 0 Å². The van der Waals surface area contributed by atoms with Crippen molar-refractivity contribution in [2.75, 3.05) is 0 Å². The van der Waals surface area contributed by atoms with Gasteiger partial charge in [-0.3, -0.25) is 0 Å². The lowest BCUT2D eigenvalue weighted by atomic mass is 10.1. The van der Waals surface area contributed by atoms with Gasteiger partial charge in [0, 0.05) is 35.8 Å². The van der Waals surface area contributed by atoms with Crippen LogP contribution in [0.25, 0.3) is 17.6 Å². The largest absolute Gasteiger partial charge is 0.491 e. The molecule has 31 heavy (non-hydrogen) atoms. The fraction of sp³-hybridized carbons (Fsp3) is 0.250. The van der Waals surface area contributed by atoms with Gasteiger partial charge in [0.1, 0.15) is 25.0 Å². The number of hydrogen-bond donors (Lipinski definition) is 0. The summed E-state index contributed by atoms with van der Waals surface area (Å²) in [7, 11) is 0. The van der Waals surface area contributed by atoms with E-state index in [2.05, 4.69) is 20.1 Å². The van der Waals surface area contributed by atoms with Gasteiger partial charge in [0.15, 0.2) is 5.82 Å². The van der Waals surface area contributed by atoms with Gasteiger partial charge in [-0.1, -0.05) is 0 Å². The first-order valence-electron chi connectivity index (χ1n) is 9.10. The average Bonchev–Trinajstić information content (AvgIpc) is 3.19. The van der Waals surface area contributed by atoms with Gasteiger partial charge in [-0.15, -0.1) is 5.10 Å². The molecule has 0 radical (unpaired) electrons. The molecule has 0 N–H and O–H groups in total. The Labute approximate surface area is 175 Å². The lowest BCUT2D eigenvalue weighted by Gasteiger charge is -2.14. The molecular weight excluding hydrogens is 415 g/mol. The minimum absolute atomic E-state index is 0.00448. The first kappa shape index (κ1) is 21.9. The van der Waals surface area contributed by atoms with E-state index in [0.29, 0.717) is 5.56 Å². The number of alkyl halides is 3. The molecule has 0 amide bonds. The molecule has 0 atom stereocenters. The molecule has 2 aromatic heterocycles. The number of esters is 1. The SMILES string of the molecule is CC(C)Oc1cc(-c2ncn(C=CC(=O)OCc3cncnc3)n2)cc(C(F)(F)F)c1. The lowest BCUT2D eigenvalue weighted by Crippen LogP contribution is -2.09. The van der Waals surface area contributed by atoms with E-state index in [-0.39, 0.29) is 29.8 Å². The van der Waals surface area contributed by atoms with Crippen molar-refractivity contribution >= 4 is 12.2 Å². The topological polar surface area (TPSA) is 92.0 Å². The van der Waals surface area contributed by atoms with Crippen LogP contribution in [0.3, 0.4) is 0 Å². The summed E-state index contributed by atoms with van der Waals surface area (Å²) < 4.78 is 51.4. The van der Waals surface area contributed by atoms with Crippen molar-refractivity contribution in [3.63, 3.8) is 0 Å². The van der Waals surface area contributed by atoms with Gasteiger partial charge in [-0.25, -0.2) is 24.4 Å². The molecule has 8 nitrogen and oxygen atoms in total. The van der Waals surface area contributed by atoms with Crippen molar-refractivity contribution in [1.82, 2.24) is 24.7 Å². The van der Waals surface area contributed by atoms with Gasteiger partial charge >= 0.3 is 12.1 Å². The molecule has 0 saturated heterocycles. The smallest absolute Gasteiger partial charge is 0.416 e. The van der Waals surface area contributed by atoms with Crippen LogP contribution >= 0.6 is 0 Å². The molecule has 0 bridgehead atoms. The molecule has 0 fully saturated rings. The molecule has 0 aliphatic heterocycles. The van der Waals surface area contributed by atoms with Crippen molar-refractivity contribution in [1.29, 1.82) is 0 Å². The summed E-state index contributed by atoms with van der Waals surface area (Å²) in [4.78, 5) is 23.4. The van der Waals surface area contributed by atoms with E-state index in [9.17, 15) is 18.0 Å². The van der Waals surface area contributed by atoms with Crippen LogP contribution in [0.1, 0.15) is 25.0 Å². The van der Waals surface area contributed by atoms with E-state index in [1.54, 1.807) is 13.8 Å². The Morgan fingerprint density at radius 1 is 1.19 bits per heavy atom. The second-order valence-electron chi connectivity index (χ2n) is 6.63. The van der Waals surface area contributed by atoms with Gasteiger partial charge in [-0.05, 0) is 32.0 Å². The highest BCUT2D eigenvalue weighted by Gasteiger charge is 2.32. The normalized spacial score (nSPS) is 11.8. The summed E-state index contributed by atoms with van der Waals surface area (Å²) in [6.45, 7) is 3.42. The maximum atomic E-state index is 13.2. The Morgan fingerprint density at radius 3 is 2.61 bits per heavy atom. The van der Waals surface area contributed by atoms with Crippen LogP contribution < -0.4 is 4.74 Å². The summed E-state index contributed by atoms with van der Waals surface area (Å²) >= 11 is 0. The molecule has 0 aliphatic carbocycles. The summed E-state index contributed by atoms with van der Waals surface area (Å²) in [5, 5.41) is 4.08. The number of carbonyl (C=O) groups excluding carboxylic acids is 1. The Hall–Kier alpha value is -3.76. The molecule has 162 valence electrons. The second kappa shape index (κ2) is 9.37. The molecular formula is C20H18F3N5O3. The minimum atomic E-state index is -4.55. The maximum absolute atomic E-state index is 13.2. The van der Waals surface area contributed by atoms with E-state index in [0.717, 1.165) is 18.2 Å². The number of rotatable bonds is 7. The second-order valence-corrected chi connectivity index (χ2v) is 6.63. The third-order valence-corrected chi connectivity index (χ3v) is 3.73. The summed E-state index contributed by atoms with van der Waals surface area (Å²) in [5.74, 6) is -0.549. The zero-order chi connectivity index (χ0) is 22.4. The summed E-state index contributed by atoms with van der Waals surface area (Å²) in [6, 6.07) is 3.29. The number of halogens is 3. The van der Waals surface area contributed by atoms with Crippen LogP contribution in [-0.2, 0) is 22.3 Å². The lowest BCUT2D eigenvalue weighted by molar-refractivity contribution is -0.139. The van der Waals surface area contributed by atoms with Crippen molar-refractivity contribution in [3.05, 3.63) is 60.5 Å². The highest BCUT2D eigenvalue weighted by atomic mass is 19.4. The zero-order valence-corrected chi connectivity index (χ0v) is 16.6. The van der Waals surface area contributed by atoms with Gasteiger partial charge < -0.3 is 9.47 Å². The van der Waals surface area contributed by atoms with E-state index in [1.807, 2.05) is 0 Å². The van der Waals surface area contributed by atoms with Crippen LogP contribution in [0.4, 0.5) is 13.2 Å². The number of hydrogen-bond acceptors (Lipinski definition) is 7. The van der Waals surface area contributed by atoms with Crippen molar-refractivity contribution in [2.45, 2.75) is 32.7 Å². The standard InChI is InChI=1S/C20H18F3N5O3/c1-13(2)31-17-6-15(5-16(7-17)20(21,22)23)19-26-12-28(27-19)4-3-18(29)30-10-14-8-24-11-25-9-14/h3-9,11-13H,10H2,1-2H3. The summed E-state index contributed by atoms with van der Waals surface area (Å²) in [5.41, 5.74) is -0.124. The highest BCUT2D eigenvalue weighted by molar-refractivity contribution is 5.84. The quantitative estimate of drug-likeness (QED) is 0.414. The molecule has 1 aromatic carbocycles. The van der Waals surface area contributed by atoms with Crippen LogP contribution in [0.15, 0.2) is 49.3 Å². The number of nitrogens with zero attached hydrogens (tertiary/aromatic N) is 5. The maximum Gasteiger partial charge on any atom is 0.416 e. The van der Waals surface area contributed by atoms with Gasteiger partial charge in [0.2, 0.25) is 0 Å². The first-order chi connectivity index (χ1) is 14.7. The number of benzene rings is 1. The molecule has 0 saturated carbocycles. The van der Waals surface area contributed by atoms with Crippen LogP contribution in [-0.4, -0.2) is 36.8 Å². The van der Waals surface area contributed by atoms with Crippen LogP contribution in [0.2, 0.25) is 0 Å². The van der Waals surface area contributed by atoms with Gasteiger partial charge in [0.25, 0.3) is 0 Å². The van der Waals surface area contributed by atoms with Gasteiger partial charge in [-0.2, -0.15) is 13.2 Å². The average molecular weight is 433 g/mol. The third kappa shape index (κ3) is 6.36. The third-order valence-electron chi connectivity index (χ3n) is 3.73. The first-order valence-corrected chi connectivity index (χ1v) is 9.10. The van der Waals surface area contributed by atoms with Crippen molar-refractivity contribution in [2.24, 2.45) is 0 Å². The number of ether oxygens (including phenoxy) is 2. The molecule has 3 rings (SSSR count). The predicted molar refractivity (Wildman–Crippen MR) is 103 cm³/mol. The number of aromatic nitrogens is 5. The molecule has 11 heteroatoms. The van der Waals surface area contributed by atoms with E-state index >= 15 is 0 Å². The zero-order valence-electron chi connectivity index (χ0n) is 16.6. The predicted octanol–water partition coefficient (Wildman–Crippen LogP) is 3.76. The Morgan fingerprint density at radius 2 is 1.94 bits per heavy atom.